The Morgan fingerprint density at radius 3 is 2.68 bits per heavy atom. The maximum Gasteiger partial charge on any atom is 0.274 e. The van der Waals surface area contributed by atoms with E-state index in [1.165, 1.54) is 6.20 Å². The summed E-state index contributed by atoms with van der Waals surface area (Å²) in [6.07, 6.45) is 1.53. The number of hydrogen-bond donors (Lipinski definition) is 2. The van der Waals surface area contributed by atoms with Crippen molar-refractivity contribution < 1.29 is 14.3 Å². The van der Waals surface area contributed by atoms with Crippen LogP contribution < -0.4 is 20.1 Å². The molecule has 1 heterocycles. The Hall–Kier alpha value is -3.61. The lowest BCUT2D eigenvalue weighted by atomic mass is 10.2. The average Bonchev–Trinajstić information content (AvgIpc) is 2.70. The van der Waals surface area contributed by atoms with Gasteiger partial charge in [-0.25, -0.2) is 9.97 Å². The summed E-state index contributed by atoms with van der Waals surface area (Å²) in [7, 11) is 1.56. The van der Waals surface area contributed by atoms with Crippen LogP contribution in [0.3, 0.4) is 0 Å². The van der Waals surface area contributed by atoms with Crippen LogP contribution in [-0.4, -0.2) is 29.6 Å². The number of para-hydroxylation sites is 2. The molecule has 28 heavy (non-hydrogen) atoms. The second kappa shape index (κ2) is 8.85. The number of benzene rings is 2. The third-order valence-corrected chi connectivity index (χ3v) is 3.92. The van der Waals surface area contributed by atoms with Crippen molar-refractivity contribution in [3.63, 3.8) is 0 Å². The molecule has 3 aromatic rings. The number of ether oxygens (including phenoxy) is 2. The van der Waals surface area contributed by atoms with Crippen LogP contribution in [0, 0.1) is 6.92 Å². The molecule has 0 saturated heterocycles. The molecule has 3 rings (SSSR count). The van der Waals surface area contributed by atoms with Crippen LogP contribution in [0.4, 0.5) is 17.3 Å². The number of carbonyl (C=O) groups excluding carboxylic acids is 1. The van der Waals surface area contributed by atoms with Crippen LogP contribution in [0.25, 0.3) is 0 Å². The Morgan fingerprint density at radius 2 is 1.89 bits per heavy atom. The van der Waals surface area contributed by atoms with E-state index in [0.717, 1.165) is 11.3 Å². The lowest BCUT2D eigenvalue weighted by Crippen LogP contribution is -2.15. The molecule has 0 saturated carbocycles. The molecule has 7 nitrogen and oxygen atoms in total. The van der Waals surface area contributed by atoms with Gasteiger partial charge in [-0.2, -0.15) is 0 Å². The van der Waals surface area contributed by atoms with Gasteiger partial charge in [-0.15, -0.1) is 0 Å². The molecule has 7 heteroatoms. The summed E-state index contributed by atoms with van der Waals surface area (Å²) in [5.41, 5.74) is 2.55. The Labute approximate surface area is 163 Å². The van der Waals surface area contributed by atoms with Crippen LogP contribution in [0.5, 0.6) is 11.5 Å². The van der Waals surface area contributed by atoms with E-state index in [1.54, 1.807) is 13.2 Å². The highest BCUT2D eigenvalue weighted by Gasteiger charge is 2.13. The van der Waals surface area contributed by atoms with Crippen LogP contribution in [0.15, 0.2) is 54.7 Å². The van der Waals surface area contributed by atoms with E-state index < -0.39 is 0 Å². The normalized spacial score (nSPS) is 10.2. The topological polar surface area (TPSA) is 85.4 Å². The number of rotatable bonds is 7. The molecule has 0 aliphatic rings. The molecule has 0 radical (unpaired) electrons. The van der Waals surface area contributed by atoms with Crippen molar-refractivity contribution in [2.75, 3.05) is 24.4 Å². The van der Waals surface area contributed by atoms with Crippen molar-refractivity contribution in [2.45, 2.75) is 13.8 Å². The van der Waals surface area contributed by atoms with Gasteiger partial charge < -0.3 is 20.1 Å². The lowest BCUT2D eigenvalue weighted by molar-refractivity contribution is 0.102. The first-order valence-electron chi connectivity index (χ1n) is 8.88. The zero-order valence-corrected chi connectivity index (χ0v) is 16.0. The lowest BCUT2D eigenvalue weighted by Gasteiger charge is -2.12. The highest BCUT2D eigenvalue weighted by atomic mass is 16.5. The van der Waals surface area contributed by atoms with E-state index in [-0.39, 0.29) is 11.6 Å². The smallest absolute Gasteiger partial charge is 0.274 e. The van der Waals surface area contributed by atoms with Crippen molar-refractivity contribution >= 4 is 23.2 Å². The SMILES string of the molecule is CCOc1ccccc1Nc1nccc(C(=O)Nc2cc(C)ccc2OC)n1. The predicted octanol–water partition coefficient (Wildman–Crippen LogP) is 4.19. The molecule has 2 aromatic carbocycles. The maximum atomic E-state index is 12.7. The van der Waals surface area contributed by atoms with Gasteiger partial charge in [0.05, 0.1) is 25.1 Å². The summed E-state index contributed by atoms with van der Waals surface area (Å²) in [5.74, 6) is 1.22. The van der Waals surface area contributed by atoms with Gasteiger partial charge in [-0.1, -0.05) is 18.2 Å². The first-order chi connectivity index (χ1) is 13.6. The second-order valence-electron chi connectivity index (χ2n) is 5.98. The Balaban J connectivity index is 1.80. The molecule has 0 aliphatic carbocycles. The minimum Gasteiger partial charge on any atom is -0.495 e. The highest BCUT2D eigenvalue weighted by molar-refractivity contribution is 6.03. The van der Waals surface area contributed by atoms with E-state index in [9.17, 15) is 4.79 Å². The first-order valence-corrected chi connectivity index (χ1v) is 8.88. The Bertz CT molecular complexity index is 975. The van der Waals surface area contributed by atoms with Gasteiger partial charge in [0.25, 0.3) is 5.91 Å². The molecule has 144 valence electrons. The fourth-order valence-electron chi connectivity index (χ4n) is 2.62. The fourth-order valence-corrected chi connectivity index (χ4v) is 2.62. The van der Waals surface area contributed by atoms with E-state index in [4.69, 9.17) is 9.47 Å². The number of methoxy groups -OCH3 is 1. The van der Waals surface area contributed by atoms with E-state index in [1.807, 2.05) is 56.3 Å². The average molecular weight is 378 g/mol. The number of amides is 1. The van der Waals surface area contributed by atoms with Gasteiger partial charge >= 0.3 is 0 Å². The van der Waals surface area contributed by atoms with Gasteiger partial charge in [-0.05, 0) is 49.7 Å². The minimum absolute atomic E-state index is 0.231. The van der Waals surface area contributed by atoms with Gasteiger partial charge in [0.1, 0.15) is 17.2 Å². The highest BCUT2D eigenvalue weighted by Crippen LogP contribution is 2.27. The number of nitrogens with zero attached hydrogens (tertiary/aromatic N) is 2. The van der Waals surface area contributed by atoms with Crippen molar-refractivity contribution in [3.05, 3.63) is 66.0 Å². The van der Waals surface area contributed by atoms with E-state index >= 15 is 0 Å². The van der Waals surface area contributed by atoms with E-state index in [2.05, 4.69) is 20.6 Å². The molecule has 0 atom stereocenters. The summed E-state index contributed by atoms with van der Waals surface area (Å²) in [6, 6.07) is 14.6. The van der Waals surface area contributed by atoms with Crippen LogP contribution in [0.1, 0.15) is 23.0 Å². The molecule has 0 unspecified atom stereocenters. The number of aromatic nitrogens is 2. The number of hydrogen-bond acceptors (Lipinski definition) is 6. The fraction of sp³-hybridized carbons (Fsp3) is 0.190. The van der Waals surface area contributed by atoms with Crippen molar-refractivity contribution in [2.24, 2.45) is 0 Å². The molecular weight excluding hydrogens is 356 g/mol. The second-order valence-corrected chi connectivity index (χ2v) is 5.98. The summed E-state index contributed by atoms with van der Waals surface area (Å²) in [6.45, 7) is 4.40. The number of carbonyl (C=O) groups is 1. The number of nitrogens with one attached hydrogen (secondary N) is 2. The molecular formula is C21H22N4O3. The predicted molar refractivity (Wildman–Crippen MR) is 109 cm³/mol. The summed E-state index contributed by atoms with van der Waals surface area (Å²) in [5, 5.41) is 5.93. The molecule has 1 amide bonds. The minimum atomic E-state index is -0.354. The van der Waals surface area contributed by atoms with Gasteiger partial charge in [-0.3, -0.25) is 4.79 Å². The number of aryl methyl sites for hydroxylation is 1. The summed E-state index contributed by atoms with van der Waals surface area (Å²) in [4.78, 5) is 21.2. The number of anilines is 3. The molecule has 0 bridgehead atoms. The van der Waals surface area contributed by atoms with Crippen LogP contribution in [0.2, 0.25) is 0 Å². The Kier molecular flexibility index (Phi) is 6.06. The first kappa shape index (κ1) is 19.2. The largest absolute Gasteiger partial charge is 0.495 e. The monoisotopic (exact) mass is 378 g/mol. The van der Waals surface area contributed by atoms with Gasteiger partial charge in [0, 0.05) is 6.20 Å². The third kappa shape index (κ3) is 4.56. The molecule has 0 spiro atoms. The summed E-state index contributed by atoms with van der Waals surface area (Å²) >= 11 is 0. The maximum absolute atomic E-state index is 12.7. The molecule has 0 fully saturated rings. The summed E-state index contributed by atoms with van der Waals surface area (Å²) < 4.78 is 10.9. The van der Waals surface area contributed by atoms with Gasteiger partial charge in [0.2, 0.25) is 5.95 Å². The van der Waals surface area contributed by atoms with Gasteiger partial charge in [0.15, 0.2) is 0 Å². The molecule has 2 N–H and O–H groups in total. The zero-order chi connectivity index (χ0) is 19.9. The Morgan fingerprint density at radius 1 is 1.07 bits per heavy atom. The quantitative estimate of drug-likeness (QED) is 0.641. The van der Waals surface area contributed by atoms with E-state index in [0.29, 0.717) is 29.7 Å². The van der Waals surface area contributed by atoms with Crippen molar-refractivity contribution in [1.29, 1.82) is 0 Å². The molecule has 1 aromatic heterocycles. The van der Waals surface area contributed by atoms with Crippen LogP contribution in [-0.2, 0) is 0 Å². The van der Waals surface area contributed by atoms with Crippen molar-refractivity contribution in [1.82, 2.24) is 9.97 Å². The zero-order valence-electron chi connectivity index (χ0n) is 16.0. The molecule has 0 aliphatic heterocycles. The van der Waals surface area contributed by atoms with Crippen LogP contribution >= 0.6 is 0 Å². The third-order valence-electron chi connectivity index (χ3n) is 3.92. The standard InChI is InChI=1S/C21H22N4O3/c1-4-28-19-8-6-5-7-15(19)24-21-22-12-11-16(25-21)20(26)23-17-13-14(2)9-10-18(17)27-3/h5-13H,4H2,1-3H3,(H,23,26)(H,22,24,25). The van der Waals surface area contributed by atoms with Crippen molar-refractivity contribution in [3.8, 4) is 11.5 Å².